The van der Waals surface area contributed by atoms with Crippen molar-refractivity contribution in [3.8, 4) is 0 Å². The molecule has 0 saturated carbocycles. The Morgan fingerprint density at radius 1 is 1.12 bits per heavy atom. The number of benzene rings is 1. The van der Waals surface area contributed by atoms with Crippen LogP contribution in [0.1, 0.15) is 61.4 Å². The SMILES string of the molecule is CC(=O)N1CCC(CCC(=O)c2ccc3c(c2)N(C)CCCC3)CC1. The number of hydrogen-bond donors (Lipinski definition) is 0. The summed E-state index contributed by atoms with van der Waals surface area (Å²) in [5, 5.41) is 0. The molecule has 0 aliphatic carbocycles. The van der Waals surface area contributed by atoms with Crippen LogP contribution in [0.2, 0.25) is 0 Å². The molecule has 4 heteroatoms. The van der Waals surface area contributed by atoms with Gasteiger partial charge in [0.05, 0.1) is 0 Å². The second kappa shape index (κ2) is 8.03. The molecule has 4 nitrogen and oxygen atoms in total. The van der Waals surface area contributed by atoms with Crippen molar-refractivity contribution in [2.45, 2.75) is 51.9 Å². The van der Waals surface area contributed by atoms with Crippen LogP contribution in [-0.4, -0.2) is 43.3 Å². The number of Topliss-reactive ketones (excluding diaryl/α,β-unsaturated/α-hetero) is 1. The topological polar surface area (TPSA) is 40.6 Å². The number of nitrogens with zero attached hydrogens (tertiary/aromatic N) is 2. The van der Waals surface area contributed by atoms with Gasteiger partial charge >= 0.3 is 0 Å². The second-order valence-electron chi connectivity index (χ2n) is 7.63. The number of carbonyl (C=O) groups is 2. The maximum absolute atomic E-state index is 12.7. The molecule has 0 unspecified atom stereocenters. The molecular weight excluding hydrogens is 312 g/mol. The van der Waals surface area contributed by atoms with E-state index >= 15 is 0 Å². The molecule has 0 spiro atoms. The zero-order valence-corrected chi connectivity index (χ0v) is 15.6. The molecule has 0 atom stereocenters. The van der Waals surface area contributed by atoms with Crippen LogP contribution in [-0.2, 0) is 11.2 Å². The first-order valence-electron chi connectivity index (χ1n) is 9.67. The molecule has 0 bridgehead atoms. The van der Waals surface area contributed by atoms with E-state index in [1.54, 1.807) is 6.92 Å². The minimum absolute atomic E-state index is 0.170. The monoisotopic (exact) mass is 342 g/mol. The van der Waals surface area contributed by atoms with Crippen molar-refractivity contribution in [2.75, 3.05) is 31.6 Å². The summed E-state index contributed by atoms with van der Waals surface area (Å²) >= 11 is 0. The van der Waals surface area contributed by atoms with Crippen molar-refractivity contribution in [1.82, 2.24) is 4.90 Å². The molecule has 3 rings (SSSR count). The third kappa shape index (κ3) is 4.42. The van der Waals surface area contributed by atoms with Gasteiger partial charge in [0.25, 0.3) is 0 Å². The van der Waals surface area contributed by atoms with Gasteiger partial charge in [-0.2, -0.15) is 0 Å². The number of amides is 1. The number of aryl methyl sites for hydroxylation is 1. The highest BCUT2D eigenvalue weighted by Crippen LogP contribution is 2.28. The molecule has 136 valence electrons. The smallest absolute Gasteiger partial charge is 0.219 e. The number of hydrogen-bond acceptors (Lipinski definition) is 3. The zero-order chi connectivity index (χ0) is 17.8. The van der Waals surface area contributed by atoms with E-state index in [4.69, 9.17) is 0 Å². The van der Waals surface area contributed by atoms with Crippen molar-refractivity contribution in [3.63, 3.8) is 0 Å². The minimum Gasteiger partial charge on any atom is -0.374 e. The number of likely N-dealkylation sites (tertiary alicyclic amines) is 1. The average molecular weight is 342 g/mol. The molecule has 1 aromatic carbocycles. The molecule has 0 N–H and O–H groups in total. The largest absolute Gasteiger partial charge is 0.374 e. The van der Waals surface area contributed by atoms with Crippen molar-refractivity contribution in [2.24, 2.45) is 5.92 Å². The van der Waals surface area contributed by atoms with Crippen LogP contribution >= 0.6 is 0 Å². The van der Waals surface area contributed by atoms with Gasteiger partial charge in [-0.3, -0.25) is 9.59 Å². The fraction of sp³-hybridized carbons (Fsp3) is 0.619. The van der Waals surface area contributed by atoms with E-state index in [2.05, 4.69) is 24.1 Å². The fourth-order valence-corrected chi connectivity index (χ4v) is 4.11. The van der Waals surface area contributed by atoms with Gasteiger partial charge in [-0.25, -0.2) is 0 Å². The van der Waals surface area contributed by atoms with E-state index in [1.807, 2.05) is 11.0 Å². The Morgan fingerprint density at radius 2 is 1.88 bits per heavy atom. The molecule has 1 fully saturated rings. The summed E-state index contributed by atoms with van der Waals surface area (Å²) in [5.74, 6) is 1.00. The van der Waals surface area contributed by atoms with Gasteiger partial charge < -0.3 is 9.80 Å². The third-order valence-electron chi connectivity index (χ3n) is 5.85. The minimum atomic E-state index is 0.170. The third-order valence-corrected chi connectivity index (χ3v) is 5.85. The summed E-state index contributed by atoms with van der Waals surface area (Å²) in [6.07, 6.45) is 7.17. The van der Waals surface area contributed by atoms with E-state index in [1.165, 1.54) is 24.1 Å². The van der Waals surface area contributed by atoms with Gasteiger partial charge in [-0.1, -0.05) is 12.1 Å². The van der Waals surface area contributed by atoms with Crippen LogP contribution in [0.5, 0.6) is 0 Å². The van der Waals surface area contributed by atoms with Gasteiger partial charge in [-0.05, 0) is 56.1 Å². The van der Waals surface area contributed by atoms with Crippen molar-refractivity contribution >= 4 is 17.4 Å². The Kier molecular flexibility index (Phi) is 5.77. The van der Waals surface area contributed by atoms with Crippen LogP contribution in [0.15, 0.2) is 18.2 Å². The van der Waals surface area contributed by atoms with E-state index in [0.29, 0.717) is 12.3 Å². The van der Waals surface area contributed by atoms with Crippen LogP contribution in [0.4, 0.5) is 5.69 Å². The van der Waals surface area contributed by atoms with Crippen LogP contribution < -0.4 is 4.90 Å². The van der Waals surface area contributed by atoms with E-state index in [-0.39, 0.29) is 11.7 Å². The Morgan fingerprint density at radius 3 is 2.60 bits per heavy atom. The van der Waals surface area contributed by atoms with E-state index < -0.39 is 0 Å². The first-order chi connectivity index (χ1) is 12.0. The summed E-state index contributed by atoms with van der Waals surface area (Å²) in [6, 6.07) is 6.26. The molecular formula is C21H30N2O2. The lowest BCUT2D eigenvalue weighted by Gasteiger charge is -2.31. The molecule has 25 heavy (non-hydrogen) atoms. The Labute approximate surface area is 151 Å². The number of carbonyl (C=O) groups excluding carboxylic acids is 2. The molecule has 1 amide bonds. The summed E-state index contributed by atoms with van der Waals surface area (Å²) in [5.41, 5.74) is 3.46. The number of rotatable bonds is 4. The lowest BCUT2D eigenvalue weighted by atomic mass is 9.90. The Bertz CT molecular complexity index is 633. The van der Waals surface area contributed by atoms with Gasteiger partial charge in [0.2, 0.25) is 5.91 Å². The zero-order valence-electron chi connectivity index (χ0n) is 15.6. The fourth-order valence-electron chi connectivity index (χ4n) is 4.11. The Hall–Kier alpha value is -1.84. The molecule has 2 aliphatic rings. The lowest BCUT2D eigenvalue weighted by Crippen LogP contribution is -2.37. The summed E-state index contributed by atoms with van der Waals surface area (Å²) in [6.45, 7) is 4.40. The van der Waals surface area contributed by atoms with Gasteiger partial charge in [0, 0.05) is 51.3 Å². The maximum Gasteiger partial charge on any atom is 0.219 e. The standard InChI is InChI=1S/C21H30N2O2/c1-16(24)23-13-10-17(11-14-23)6-9-21(25)19-8-7-18-5-3-4-12-22(2)20(18)15-19/h7-8,15,17H,3-6,9-14H2,1-2H3. The molecule has 2 heterocycles. The Balaban J connectivity index is 1.56. The summed E-state index contributed by atoms with van der Waals surface area (Å²) < 4.78 is 0. The number of fused-ring (bicyclic) bond motifs is 1. The quantitative estimate of drug-likeness (QED) is 0.784. The van der Waals surface area contributed by atoms with Gasteiger partial charge in [0.1, 0.15) is 0 Å². The first kappa shape index (κ1) is 18.0. The molecule has 0 radical (unpaired) electrons. The number of anilines is 1. The van der Waals surface area contributed by atoms with Crippen molar-refractivity contribution < 1.29 is 9.59 Å². The summed E-state index contributed by atoms with van der Waals surface area (Å²) in [4.78, 5) is 28.3. The van der Waals surface area contributed by atoms with Crippen molar-refractivity contribution in [1.29, 1.82) is 0 Å². The average Bonchev–Trinajstić information content (AvgIpc) is 2.81. The molecule has 1 saturated heterocycles. The second-order valence-corrected chi connectivity index (χ2v) is 7.63. The predicted octanol–water partition coefficient (Wildman–Crippen LogP) is 3.68. The maximum atomic E-state index is 12.7. The van der Waals surface area contributed by atoms with Gasteiger partial charge in [0.15, 0.2) is 5.78 Å². The highest BCUT2D eigenvalue weighted by Gasteiger charge is 2.22. The lowest BCUT2D eigenvalue weighted by molar-refractivity contribution is -0.130. The van der Waals surface area contributed by atoms with Crippen LogP contribution in [0.3, 0.4) is 0 Å². The molecule has 1 aromatic rings. The van der Waals surface area contributed by atoms with Gasteiger partial charge in [-0.15, -0.1) is 0 Å². The highest BCUT2D eigenvalue weighted by atomic mass is 16.2. The summed E-state index contributed by atoms with van der Waals surface area (Å²) in [7, 11) is 2.13. The van der Waals surface area contributed by atoms with Crippen LogP contribution in [0, 0.1) is 5.92 Å². The predicted molar refractivity (Wildman–Crippen MR) is 101 cm³/mol. The number of piperidine rings is 1. The van der Waals surface area contributed by atoms with E-state index in [0.717, 1.165) is 50.9 Å². The first-order valence-corrected chi connectivity index (χ1v) is 9.67. The number of ketones is 1. The van der Waals surface area contributed by atoms with E-state index in [9.17, 15) is 9.59 Å². The van der Waals surface area contributed by atoms with Crippen LogP contribution in [0.25, 0.3) is 0 Å². The molecule has 0 aromatic heterocycles. The van der Waals surface area contributed by atoms with Crippen molar-refractivity contribution in [3.05, 3.63) is 29.3 Å². The highest BCUT2D eigenvalue weighted by molar-refractivity contribution is 5.97. The normalized spacial score (nSPS) is 18.6. The molecule has 2 aliphatic heterocycles.